The molecule has 0 fully saturated rings. The summed E-state index contributed by atoms with van der Waals surface area (Å²) in [6.45, 7) is 5.94. The summed E-state index contributed by atoms with van der Waals surface area (Å²) in [5.74, 6) is 0. The fourth-order valence-electron chi connectivity index (χ4n) is 4.06. The average Bonchev–Trinajstić information content (AvgIpc) is 2.69. The molecular weight excluding hydrogens is 241 g/mol. The Morgan fingerprint density at radius 2 is 1.50 bits per heavy atom. The molecule has 1 N–H and O–H groups in total. The molecule has 112 valence electrons. The second-order valence-electron chi connectivity index (χ2n) is 7.42. The molecule has 0 saturated heterocycles. The van der Waals surface area contributed by atoms with Gasteiger partial charge >= 0.3 is 0 Å². The monoisotopic (exact) mass is 273 g/mol. The highest BCUT2D eigenvalue weighted by Crippen LogP contribution is 2.43. The Morgan fingerprint density at radius 3 is 2.25 bits per heavy atom. The molecule has 1 atom stereocenters. The summed E-state index contributed by atoms with van der Waals surface area (Å²) in [6, 6.07) is 0. The molecule has 2 rings (SSSR count). The molecule has 1 nitrogen and oxygen atoms in total. The third kappa shape index (κ3) is 3.78. The van der Waals surface area contributed by atoms with E-state index in [2.05, 4.69) is 34.1 Å². The molecule has 0 aromatic carbocycles. The van der Waals surface area contributed by atoms with Crippen molar-refractivity contribution in [1.29, 1.82) is 0 Å². The van der Waals surface area contributed by atoms with Gasteiger partial charge in [-0.05, 0) is 95.3 Å². The van der Waals surface area contributed by atoms with Crippen LogP contribution in [0.2, 0.25) is 5.31 Å². The number of allylic oxidation sites excluding steroid dienone is 4. The zero-order valence-electron chi connectivity index (χ0n) is 14.1. The minimum Gasteiger partial charge on any atom is -0.320 e. The van der Waals surface area contributed by atoms with Crippen LogP contribution in [-0.2, 0) is 0 Å². The Kier molecular flexibility index (Phi) is 5.54. The normalized spacial score (nSPS) is 29.4. The Labute approximate surface area is 126 Å². The first-order chi connectivity index (χ1) is 9.56. The molecule has 0 heterocycles. The molecule has 1 unspecified atom stereocenters. The summed E-state index contributed by atoms with van der Waals surface area (Å²) in [7, 11) is 4.56. The molecule has 0 aromatic rings. The van der Waals surface area contributed by atoms with Crippen molar-refractivity contribution >= 4 is 7.85 Å². The molecule has 0 amide bonds. The van der Waals surface area contributed by atoms with Crippen molar-refractivity contribution < 1.29 is 0 Å². The molecule has 0 spiro atoms. The maximum Gasteiger partial charge on any atom is 0.111 e. The second kappa shape index (κ2) is 6.98. The van der Waals surface area contributed by atoms with Crippen molar-refractivity contribution in [3.05, 3.63) is 22.3 Å². The van der Waals surface area contributed by atoms with E-state index in [4.69, 9.17) is 0 Å². The molecule has 2 aliphatic rings. The predicted octanol–water partition coefficient (Wildman–Crippen LogP) is 4.17. The number of hydrogen-bond donors (Lipinski definition) is 1. The highest BCUT2D eigenvalue weighted by molar-refractivity contribution is 6.15. The van der Waals surface area contributed by atoms with Crippen molar-refractivity contribution in [2.45, 2.75) is 76.9 Å². The first-order valence-electron chi connectivity index (χ1n) is 8.58. The van der Waals surface area contributed by atoms with E-state index in [1.807, 2.05) is 0 Å². The van der Waals surface area contributed by atoms with E-state index in [1.54, 1.807) is 22.3 Å². The van der Waals surface area contributed by atoms with Gasteiger partial charge in [-0.3, -0.25) is 0 Å². The topological polar surface area (TPSA) is 12.0 Å². The smallest absolute Gasteiger partial charge is 0.111 e. The zero-order chi connectivity index (χ0) is 14.6. The molecule has 0 saturated carbocycles. The van der Waals surface area contributed by atoms with Gasteiger partial charge in [0.1, 0.15) is 7.85 Å². The van der Waals surface area contributed by atoms with Gasteiger partial charge < -0.3 is 5.32 Å². The van der Waals surface area contributed by atoms with Gasteiger partial charge in [-0.15, -0.1) is 0 Å². The van der Waals surface area contributed by atoms with Crippen molar-refractivity contribution in [2.24, 2.45) is 0 Å². The summed E-state index contributed by atoms with van der Waals surface area (Å²) < 4.78 is 0. The van der Waals surface area contributed by atoms with Crippen molar-refractivity contribution in [1.82, 2.24) is 5.32 Å². The van der Waals surface area contributed by atoms with Crippen LogP contribution in [-0.4, -0.2) is 21.4 Å². The molecule has 0 bridgehead atoms. The van der Waals surface area contributed by atoms with Gasteiger partial charge in [0.2, 0.25) is 0 Å². The SMILES string of the molecule is BC1(CNC)CCC(C)=C(C2=C(C)CCCCC2)CC1. The third-order valence-electron chi connectivity index (χ3n) is 5.56. The maximum atomic E-state index is 3.40. The second-order valence-corrected chi connectivity index (χ2v) is 7.42. The quantitative estimate of drug-likeness (QED) is 0.761. The summed E-state index contributed by atoms with van der Waals surface area (Å²) >= 11 is 0. The number of nitrogens with one attached hydrogen (secondary N) is 1. The van der Waals surface area contributed by atoms with E-state index >= 15 is 0 Å². The molecule has 0 aliphatic heterocycles. The Balaban J connectivity index is 2.18. The minimum absolute atomic E-state index is 0.483. The molecule has 2 heteroatoms. The van der Waals surface area contributed by atoms with Crippen LogP contribution in [0.4, 0.5) is 0 Å². The maximum absolute atomic E-state index is 3.40. The highest BCUT2D eigenvalue weighted by atomic mass is 14.8. The lowest BCUT2D eigenvalue weighted by molar-refractivity contribution is 0.467. The predicted molar refractivity (Wildman–Crippen MR) is 92.1 cm³/mol. The lowest BCUT2D eigenvalue weighted by Crippen LogP contribution is -2.26. The Hall–Kier alpha value is -0.495. The van der Waals surface area contributed by atoms with Crippen LogP contribution in [0.1, 0.15) is 71.6 Å². The Morgan fingerprint density at radius 1 is 0.900 bits per heavy atom. The summed E-state index contributed by atoms with van der Waals surface area (Å²) in [6.07, 6.45) is 12.2. The zero-order valence-corrected chi connectivity index (χ0v) is 14.1. The highest BCUT2D eigenvalue weighted by Gasteiger charge is 2.28. The van der Waals surface area contributed by atoms with Crippen molar-refractivity contribution in [3.63, 3.8) is 0 Å². The van der Waals surface area contributed by atoms with Crippen LogP contribution < -0.4 is 5.32 Å². The first-order valence-corrected chi connectivity index (χ1v) is 8.58. The van der Waals surface area contributed by atoms with E-state index in [0.717, 1.165) is 6.54 Å². The third-order valence-corrected chi connectivity index (χ3v) is 5.56. The Bertz CT molecular complexity index is 408. The van der Waals surface area contributed by atoms with Crippen LogP contribution in [0.25, 0.3) is 0 Å². The van der Waals surface area contributed by atoms with Crippen LogP contribution >= 0.6 is 0 Å². The van der Waals surface area contributed by atoms with E-state index in [9.17, 15) is 0 Å². The van der Waals surface area contributed by atoms with Crippen LogP contribution in [0.15, 0.2) is 22.3 Å². The molecule has 0 aromatic heterocycles. The lowest BCUT2D eigenvalue weighted by Gasteiger charge is -2.28. The van der Waals surface area contributed by atoms with Gasteiger partial charge in [0.15, 0.2) is 0 Å². The van der Waals surface area contributed by atoms with Crippen LogP contribution in [0.3, 0.4) is 0 Å². The van der Waals surface area contributed by atoms with Gasteiger partial charge in [-0.1, -0.05) is 17.6 Å². The first kappa shape index (κ1) is 15.9. The standard InChI is InChI=1S/C18H32BN/c1-14-7-5-4-6-8-16(14)17-10-12-18(19,13-20-3)11-9-15(17)2/h20H,4-13,19H2,1-3H3. The van der Waals surface area contributed by atoms with Gasteiger partial charge in [-0.2, -0.15) is 0 Å². The molecule has 20 heavy (non-hydrogen) atoms. The van der Waals surface area contributed by atoms with Crippen LogP contribution in [0, 0.1) is 0 Å². The average molecular weight is 273 g/mol. The van der Waals surface area contributed by atoms with Gasteiger partial charge in [-0.25, -0.2) is 0 Å². The summed E-state index contributed by atoms with van der Waals surface area (Å²) in [5.41, 5.74) is 6.85. The van der Waals surface area contributed by atoms with Crippen molar-refractivity contribution in [2.75, 3.05) is 13.6 Å². The lowest BCUT2D eigenvalue weighted by atomic mass is 9.63. The number of rotatable bonds is 3. The van der Waals surface area contributed by atoms with Gasteiger partial charge in [0.05, 0.1) is 0 Å². The van der Waals surface area contributed by atoms with Crippen LogP contribution in [0.5, 0.6) is 0 Å². The largest absolute Gasteiger partial charge is 0.320 e. The van der Waals surface area contributed by atoms with Gasteiger partial charge in [0, 0.05) is 0 Å². The van der Waals surface area contributed by atoms with E-state index < -0.39 is 0 Å². The molecule has 2 aliphatic carbocycles. The van der Waals surface area contributed by atoms with E-state index in [-0.39, 0.29) is 0 Å². The fraction of sp³-hybridized carbons (Fsp3) is 0.778. The number of hydrogen-bond acceptors (Lipinski definition) is 1. The molecule has 0 radical (unpaired) electrons. The van der Waals surface area contributed by atoms with E-state index in [1.165, 1.54) is 57.8 Å². The fourth-order valence-corrected chi connectivity index (χ4v) is 4.06. The van der Waals surface area contributed by atoms with E-state index in [0.29, 0.717) is 5.31 Å². The van der Waals surface area contributed by atoms with Crippen molar-refractivity contribution in [3.8, 4) is 0 Å². The minimum atomic E-state index is 0.483. The summed E-state index contributed by atoms with van der Waals surface area (Å²) in [4.78, 5) is 0. The molecular formula is C18H32BN. The summed E-state index contributed by atoms with van der Waals surface area (Å²) in [5, 5.41) is 3.89. The van der Waals surface area contributed by atoms with Gasteiger partial charge in [0.25, 0.3) is 0 Å².